The van der Waals surface area contributed by atoms with Gasteiger partial charge in [-0.1, -0.05) is 16.8 Å². The Hall–Kier alpha value is -1.79. The Morgan fingerprint density at radius 3 is 2.82 bits per heavy atom. The lowest BCUT2D eigenvalue weighted by Gasteiger charge is -2.01. The molecule has 2 rings (SSSR count). The molecule has 3 N–H and O–H groups in total. The molecule has 17 heavy (non-hydrogen) atoms. The number of β-amino-alcohol motifs (C(OH)–C–C–N with tert-alkyl or cyclic N) is 1. The fourth-order valence-corrected chi connectivity index (χ4v) is 1.80. The number of carboxylic acids is 1. The molecule has 1 heterocycles. The second-order valence-electron chi connectivity index (χ2n) is 3.83. The smallest absolute Gasteiger partial charge is 0.339 e. The van der Waals surface area contributed by atoms with Gasteiger partial charge in [-0.25, -0.2) is 4.79 Å². The van der Waals surface area contributed by atoms with E-state index < -0.39 is 18.1 Å². The van der Waals surface area contributed by atoms with E-state index in [2.05, 4.69) is 5.11 Å². The Morgan fingerprint density at radius 1 is 1.47 bits per heavy atom. The molecular formula is C11H13N2O4+. The van der Waals surface area contributed by atoms with Crippen molar-refractivity contribution >= 4 is 11.7 Å². The largest absolute Gasteiger partial charge is 0.479 e. The molecule has 0 saturated carbocycles. The van der Waals surface area contributed by atoms with Crippen LogP contribution in [0.2, 0.25) is 0 Å². The molecule has 0 spiro atoms. The van der Waals surface area contributed by atoms with E-state index in [0.29, 0.717) is 11.3 Å². The third kappa shape index (κ3) is 2.17. The van der Waals surface area contributed by atoms with Gasteiger partial charge in [0, 0.05) is 6.07 Å². The topological polar surface area (TPSA) is 93.1 Å². The highest BCUT2D eigenvalue weighted by atomic mass is 16.4. The number of benzene rings is 1. The maximum Gasteiger partial charge on any atom is 0.339 e. The molecule has 0 fully saturated rings. The van der Waals surface area contributed by atoms with Crippen LogP contribution in [-0.4, -0.2) is 45.2 Å². The molecule has 2 unspecified atom stereocenters. The summed E-state index contributed by atoms with van der Waals surface area (Å²) in [4.78, 5) is 11.0. The van der Waals surface area contributed by atoms with Crippen molar-refractivity contribution in [2.24, 2.45) is 5.11 Å². The van der Waals surface area contributed by atoms with Crippen molar-refractivity contribution in [1.82, 2.24) is 0 Å². The van der Waals surface area contributed by atoms with Crippen LogP contribution in [-0.2, 0) is 4.79 Å². The van der Waals surface area contributed by atoms with Gasteiger partial charge in [-0.15, -0.1) is 0 Å². The first-order chi connectivity index (χ1) is 8.13. The van der Waals surface area contributed by atoms with Crippen LogP contribution in [0.1, 0.15) is 11.6 Å². The van der Waals surface area contributed by atoms with E-state index in [1.54, 1.807) is 24.3 Å². The Kier molecular flexibility index (Phi) is 3.16. The molecule has 1 aliphatic rings. The summed E-state index contributed by atoms with van der Waals surface area (Å²) in [6.45, 7) is -0.302. The van der Waals surface area contributed by atoms with Crippen LogP contribution in [0.3, 0.4) is 0 Å². The van der Waals surface area contributed by atoms with Crippen LogP contribution in [0.5, 0.6) is 0 Å². The summed E-state index contributed by atoms with van der Waals surface area (Å²) in [7, 11) is 0. The average Bonchev–Trinajstić information content (AvgIpc) is 2.68. The predicted octanol–water partition coefficient (Wildman–Crippen LogP) is 0.275. The molecule has 1 aromatic rings. The van der Waals surface area contributed by atoms with Crippen LogP contribution in [0, 0.1) is 0 Å². The standard InChI is InChI=1S/C11H12N2O4/c14-6-7(15)5-13-9-4-2-1-3-8(9)10(12-13)11(16)17/h1-4,7,10,14-15H,5-6H2/p+1. The number of carbonyl (C=O) groups is 1. The Morgan fingerprint density at radius 2 is 2.18 bits per heavy atom. The van der Waals surface area contributed by atoms with Crippen LogP contribution in [0.15, 0.2) is 29.4 Å². The van der Waals surface area contributed by atoms with Crippen LogP contribution in [0.4, 0.5) is 5.69 Å². The van der Waals surface area contributed by atoms with Crippen molar-refractivity contribution in [2.45, 2.75) is 12.1 Å². The summed E-state index contributed by atoms with van der Waals surface area (Å²) in [5, 5.41) is 31.2. The predicted molar refractivity (Wildman–Crippen MR) is 57.1 cm³/mol. The number of hydrogen-bond donors (Lipinski definition) is 3. The summed E-state index contributed by atoms with van der Waals surface area (Å²) in [5.41, 5.74) is 1.26. The molecule has 0 aliphatic carbocycles. The third-order valence-corrected chi connectivity index (χ3v) is 2.59. The van der Waals surface area contributed by atoms with E-state index in [-0.39, 0.29) is 13.2 Å². The molecule has 1 aliphatic heterocycles. The maximum absolute atomic E-state index is 11.0. The van der Waals surface area contributed by atoms with E-state index in [9.17, 15) is 9.90 Å². The minimum Gasteiger partial charge on any atom is -0.479 e. The van der Waals surface area contributed by atoms with Crippen molar-refractivity contribution in [3.05, 3.63) is 29.8 Å². The third-order valence-electron chi connectivity index (χ3n) is 2.59. The van der Waals surface area contributed by atoms with Crippen LogP contribution >= 0.6 is 0 Å². The molecule has 1 aromatic carbocycles. The van der Waals surface area contributed by atoms with Gasteiger partial charge in [0.2, 0.25) is 18.3 Å². The Labute approximate surface area is 97.5 Å². The zero-order chi connectivity index (χ0) is 12.4. The molecule has 90 valence electrons. The number of carboxylic acid groups (broad SMARTS) is 1. The lowest BCUT2D eigenvalue weighted by Crippen LogP contribution is -2.23. The highest BCUT2D eigenvalue weighted by molar-refractivity contribution is 5.78. The van der Waals surface area contributed by atoms with Crippen molar-refractivity contribution in [2.75, 3.05) is 13.2 Å². The zero-order valence-electron chi connectivity index (χ0n) is 9.02. The number of nitrogens with zero attached hydrogens (tertiary/aromatic N) is 2. The average molecular weight is 237 g/mol. The second-order valence-corrected chi connectivity index (χ2v) is 3.83. The highest BCUT2D eigenvalue weighted by Crippen LogP contribution is 2.34. The van der Waals surface area contributed by atoms with Gasteiger partial charge in [-0.05, 0) is 11.2 Å². The van der Waals surface area contributed by atoms with Crippen molar-refractivity contribution in [3.63, 3.8) is 0 Å². The minimum absolute atomic E-state index is 0.0806. The summed E-state index contributed by atoms with van der Waals surface area (Å²) in [6.07, 6.45) is -0.945. The highest BCUT2D eigenvalue weighted by Gasteiger charge is 2.37. The number of hydrogen-bond acceptors (Lipinski definition) is 4. The monoisotopic (exact) mass is 237 g/mol. The van der Waals surface area contributed by atoms with Crippen molar-refractivity contribution in [3.8, 4) is 0 Å². The van der Waals surface area contributed by atoms with E-state index in [1.165, 1.54) is 4.70 Å². The van der Waals surface area contributed by atoms with Crippen molar-refractivity contribution in [1.29, 1.82) is 0 Å². The minimum atomic E-state index is -1.03. The molecule has 0 bridgehead atoms. The van der Waals surface area contributed by atoms with Gasteiger partial charge in [0.15, 0.2) is 0 Å². The molecular weight excluding hydrogens is 224 g/mol. The van der Waals surface area contributed by atoms with Gasteiger partial charge in [0.1, 0.15) is 6.10 Å². The number of azo groups is 2. The van der Waals surface area contributed by atoms with E-state index >= 15 is 0 Å². The maximum atomic E-state index is 11.0. The van der Waals surface area contributed by atoms with E-state index in [0.717, 1.165) is 0 Å². The van der Waals surface area contributed by atoms with Gasteiger partial charge >= 0.3 is 5.97 Å². The number of aliphatic hydroxyl groups is 2. The SMILES string of the molecule is O=C(O)C1N=[N+](CC(O)CO)c2ccccc21. The van der Waals surface area contributed by atoms with Gasteiger partial charge in [-0.2, -0.15) is 0 Å². The zero-order valence-corrected chi connectivity index (χ0v) is 9.02. The number of para-hydroxylation sites is 1. The summed E-state index contributed by atoms with van der Waals surface area (Å²) in [6, 6.07) is 6.03. The lowest BCUT2D eigenvalue weighted by atomic mass is 10.1. The van der Waals surface area contributed by atoms with Gasteiger partial charge < -0.3 is 15.3 Å². The quantitative estimate of drug-likeness (QED) is 0.655. The molecule has 6 heteroatoms. The Bertz CT molecular complexity index is 472. The van der Waals surface area contributed by atoms with Gasteiger partial charge in [-0.3, -0.25) is 0 Å². The molecule has 6 nitrogen and oxygen atoms in total. The van der Waals surface area contributed by atoms with Crippen LogP contribution in [0.25, 0.3) is 0 Å². The molecule has 2 atom stereocenters. The molecule has 0 saturated heterocycles. The normalized spacial score (nSPS) is 19.6. The summed E-state index contributed by atoms with van der Waals surface area (Å²) >= 11 is 0. The first kappa shape index (κ1) is 11.7. The number of fused-ring (bicyclic) bond motifs is 1. The van der Waals surface area contributed by atoms with Gasteiger partial charge in [0.25, 0.3) is 0 Å². The van der Waals surface area contributed by atoms with Crippen LogP contribution < -0.4 is 0 Å². The fraction of sp³-hybridized carbons (Fsp3) is 0.364. The molecule has 0 aromatic heterocycles. The van der Waals surface area contributed by atoms with Gasteiger partial charge in [0.05, 0.1) is 12.2 Å². The lowest BCUT2D eigenvalue weighted by molar-refractivity contribution is -0.519. The summed E-state index contributed by atoms with van der Waals surface area (Å²) < 4.78 is 1.43. The number of aliphatic carboxylic acids is 1. The Balaban J connectivity index is 2.34. The molecule has 0 amide bonds. The number of aliphatic hydroxyl groups excluding tert-OH is 2. The molecule has 0 radical (unpaired) electrons. The van der Waals surface area contributed by atoms with Crippen molar-refractivity contribution < 1.29 is 24.8 Å². The first-order valence-corrected chi connectivity index (χ1v) is 5.22. The van der Waals surface area contributed by atoms with E-state index in [4.69, 9.17) is 10.2 Å². The van der Waals surface area contributed by atoms with E-state index in [1.807, 2.05) is 0 Å². The summed E-state index contributed by atoms with van der Waals surface area (Å²) in [5.74, 6) is -1.03. The second kappa shape index (κ2) is 4.60. The fourth-order valence-electron chi connectivity index (χ4n) is 1.80. The first-order valence-electron chi connectivity index (χ1n) is 5.22. The number of rotatable bonds is 4.